The normalized spacial score (nSPS) is 19.6. The molecule has 1 N–H and O–H groups in total. The highest BCUT2D eigenvalue weighted by Crippen LogP contribution is 2.21. The first-order valence-electron chi connectivity index (χ1n) is 5.54. The van der Waals surface area contributed by atoms with Gasteiger partial charge in [0.25, 0.3) is 5.91 Å². The van der Waals surface area contributed by atoms with E-state index < -0.39 is 6.04 Å². The summed E-state index contributed by atoms with van der Waals surface area (Å²) in [7, 11) is 0. The van der Waals surface area contributed by atoms with Crippen molar-refractivity contribution in [2.75, 3.05) is 13.1 Å². The quantitative estimate of drug-likeness (QED) is 0.759. The maximum absolute atomic E-state index is 12.3. The Kier molecular flexibility index (Phi) is 4.11. The molecule has 4 nitrogen and oxygen atoms in total. The van der Waals surface area contributed by atoms with Gasteiger partial charge in [-0.15, -0.1) is 0 Å². The molecule has 1 saturated heterocycles. The second-order valence-electron chi connectivity index (χ2n) is 4.09. The molecule has 1 unspecified atom stereocenters. The fourth-order valence-electron chi connectivity index (χ4n) is 1.85. The van der Waals surface area contributed by atoms with E-state index in [1.54, 1.807) is 30.0 Å². The summed E-state index contributed by atoms with van der Waals surface area (Å²) in [5.41, 5.74) is 0.516. The first kappa shape index (κ1) is 13.6. The van der Waals surface area contributed by atoms with Gasteiger partial charge < -0.3 is 10.2 Å². The van der Waals surface area contributed by atoms with E-state index in [1.165, 1.54) is 0 Å². The molecule has 1 fully saturated rings. The molecule has 1 aromatic rings. The Bertz CT molecular complexity index is 507. The van der Waals surface area contributed by atoms with E-state index in [1.807, 2.05) is 0 Å². The molecule has 0 aliphatic carbocycles. The summed E-state index contributed by atoms with van der Waals surface area (Å²) < 4.78 is 0.898. The van der Waals surface area contributed by atoms with E-state index in [4.69, 9.17) is 11.6 Å². The molecule has 2 rings (SSSR count). The SMILES string of the molecule is CC1C(=O)NCCN1C(=O)c1ccc(I)c(Cl)c1. The monoisotopic (exact) mass is 378 g/mol. The molecule has 1 atom stereocenters. The maximum Gasteiger partial charge on any atom is 0.254 e. The topological polar surface area (TPSA) is 49.4 Å². The summed E-state index contributed by atoms with van der Waals surface area (Å²) in [5, 5.41) is 3.28. The Hall–Kier alpha value is -0.820. The fourth-order valence-corrected chi connectivity index (χ4v) is 2.37. The number of rotatable bonds is 1. The number of benzene rings is 1. The molecule has 0 radical (unpaired) electrons. The molecule has 1 heterocycles. The van der Waals surface area contributed by atoms with Crippen LogP contribution in [-0.2, 0) is 4.79 Å². The van der Waals surface area contributed by atoms with E-state index in [0.717, 1.165) is 3.57 Å². The number of hydrogen-bond acceptors (Lipinski definition) is 2. The predicted octanol–water partition coefficient (Wildman–Crippen LogP) is 1.91. The van der Waals surface area contributed by atoms with Gasteiger partial charge in [-0.1, -0.05) is 11.6 Å². The molecule has 0 saturated carbocycles. The van der Waals surface area contributed by atoms with E-state index in [2.05, 4.69) is 27.9 Å². The number of nitrogens with one attached hydrogen (secondary N) is 1. The van der Waals surface area contributed by atoms with Crippen LogP contribution in [0.3, 0.4) is 0 Å². The number of carbonyl (C=O) groups excluding carboxylic acids is 2. The Labute approximate surface area is 124 Å². The molecule has 1 aromatic carbocycles. The standard InChI is InChI=1S/C12H12ClIN2O2/c1-7-11(17)15-4-5-16(7)12(18)8-2-3-10(14)9(13)6-8/h2-3,6-7H,4-5H2,1H3,(H,15,17). The van der Waals surface area contributed by atoms with Gasteiger partial charge in [-0.25, -0.2) is 0 Å². The molecule has 18 heavy (non-hydrogen) atoms. The van der Waals surface area contributed by atoms with Gasteiger partial charge in [0.05, 0.1) is 5.02 Å². The molecule has 1 aliphatic rings. The van der Waals surface area contributed by atoms with Crippen molar-refractivity contribution in [3.8, 4) is 0 Å². The van der Waals surface area contributed by atoms with Crippen LogP contribution in [0.5, 0.6) is 0 Å². The third kappa shape index (κ3) is 2.61. The van der Waals surface area contributed by atoms with Gasteiger partial charge in [0.15, 0.2) is 0 Å². The number of hydrogen-bond donors (Lipinski definition) is 1. The zero-order chi connectivity index (χ0) is 13.3. The van der Waals surface area contributed by atoms with Crippen molar-refractivity contribution in [3.63, 3.8) is 0 Å². The van der Waals surface area contributed by atoms with Crippen LogP contribution in [0, 0.1) is 3.57 Å². The van der Waals surface area contributed by atoms with Gasteiger partial charge in [-0.2, -0.15) is 0 Å². The first-order valence-corrected chi connectivity index (χ1v) is 7.00. The van der Waals surface area contributed by atoms with Crippen LogP contribution >= 0.6 is 34.2 Å². The van der Waals surface area contributed by atoms with Crippen molar-refractivity contribution in [2.24, 2.45) is 0 Å². The third-order valence-corrected chi connectivity index (χ3v) is 4.50. The molecular formula is C12H12ClIN2O2. The van der Waals surface area contributed by atoms with E-state index in [0.29, 0.717) is 23.7 Å². The molecule has 6 heteroatoms. The van der Waals surface area contributed by atoms with Crippen molar-refractivity contribution in [2.45, 2.75) is 13.0 Å². The molecule has 1 aliphatic heterocycles. The van der Waals surface area contributed by atoms with Crippen LogP contribution in [0.25, 0.3) is 0 Å². The largest absolute Gasteiger partial charge is 0.353 e. The van der Waals surface area contributed by atoms with Crippen molar-refractivity contribution < 1.29 is 9.59 Å². The van der Waals surface area contributed by atoms with E-state index in [9.17, 15) is 9.59 Å². The maximum atomic E-state index is 12.3. The highest BCUT2D eigenvalue weighted by Gasteiger charge is 2.29. The summed E-state index contributed by atoms with van der Waals surface area (Å²) in [6.45, 7) is 2.74. The lowest BCUT2D eigenvalue weighted by molar-refractivity contribution is -0.127. The van der Waals surface area contributed by atoms with Gasteiger partial charge in [0.2, 0.25) is 5.91 Å². The highest BCUT2D eigenvalue weighted by atomic mass is 127. The van der Waals surface area contributed by atoms with Gasteiger partial charge in [-0.05, 0) is 47.7 Å². The summed E-state index contributed by atoms with van der Waals surface area (Å²) in [6, 6.07) is 4.73. The van der Waals surface area contributed by atoms with Crippen LogP contribution in [-0.4, -0.2) is 35.8 Å². The first-order chi connectivity index (χ1) is 8.50. The number of halogens is 2. The number of amides is 2. The lowest BCUT2D eigenvalue weighted by atomic mass is 10.1. The number of nitrogens with zero attached hydrogens (tertiary/aromatic N) is 1. The zero-order valence-corrected chi connectivity index (χ0v) is 12.7. The molecule has 0 spiro atoms. The van der Waals surface area contributed by atoms with Crippen LogP contribution in [0.4, 0.5) is 0 Å². The predicted molar refractivity (Wildman–Crippen MR) is 77.7 cm³/mol. The average Bonchev–Trinajstić information content (AvgIpc) is 2.35. The minimum Gasteiger partial charge on any atom is -0.353 e. The van der Waals surface area contributed by atoms with Crippen LogP contribution < -0.4 is 5.32 Å². The highest BCUT2D eigenvalue weighted by molar-refractivity contribution is 14.1. The van der Waals surface area contributed by atoms with Crippen LogP contribution in [0.15, 0.2) is 18.2 Å². The third-order valence-electron chi connectivity index (χ3n) is 2.93. The van der Waals surface area contributed by atoms with Crippen molar-refractivity contribution in [3.05, 3.63) is 32.4 Å². The molecule has 96 valence electrons. The molecule has 0 bridgehead atoms. The smallest absolute Gasteiger partial charge is 0.254 e. The van der Waals surface area contributed by atoms with Gasteiger partial charge >= 0.3 is 0 Å². The fraction of sp³-hybridized carbons (Fsp3) is 0.333. The Morgan fingerprint density at radius 3 is 2.94 bits per heavy atom. The van der Waals surface area contributed by atoms with Crippen molar-refractivity contribution in [1.82, 2.24) is 10.2 Å². The second kappa shape index (κ2) is 5.44. The Balaban J connectivity index is 2.25. The second-order valence-corrected chi connectivity index (χ2v) is 5.66. The Morgan fingerprint density at radius 2 is 2.28 bits per heavy atom. The summed E-state index contributed by atoms with van der Waals surface area (Å²) in [4.78, 5) is 25.4. The summed E-state index contributed by atoms with van der Waals surface area (Å²) in [6.07, 6.45) is 0. The van der Waals surface area contributed by atoms with Gasteiger partial charge in [0.1, 0.15) is 6.04 Å². The number of carbonyl (C=O) groups is 2. The minimum absolute atomic E-state index is 0.119. The average molecular weight is 379 g/mol. The zero-order valence-electron chi connectivity index (χ0n) is 9.74. The molecule has 0 aromatic heterocycles. The van der Waals surface area contributed by atoms with E-state index >= 15 is 0 Å². The Morgan fingerprint density at radius 1 is 1.56 bits per heavy atom. The van der Waals surface area contributed by atoms with Crippen molar-refractivity contribution >= 4 is 46.0 Å². The van der Waals surface area contributed by atoms with Crippen molar-refractivity contribution in [1.29, 1.82) is 0 Å². The number of piperazine rings is 1. The molecule has 2 amide bonds. The summed E-state index contributed by atoms with van der Waals surface area (Å²) in [5.74, 6) is -0.276. The summed E-state index contributed by atoms with van der Waals surface area (Å²) >= 11 is 8.11. The lowest BCUT2D eigenvalue weighted by Gasteiger charge is -2.32. The van der Waals surface area contributed by atoms with Crippen LogP contribution in [0.1, 0.15) is 17.3 Å². The minimum atomic E-state index is -0.440. The molecular weight excluding hydrogens is 367 g/mol. The van der Waals surface area contributed by atoms with Crippen LogP contribution in [0.2, 0.25) is 5.02 Å². The van der Waals surface area contributed by atoms with E-state index in [-0.39, 0.29) is 11.8 Å². The van der Waals surface area contributed by atoms with Gasteiger partial charge in [0, 0.05) is 22.2 Å². The lowest BCUT2D eigenvalue weighted by Crippen LogP contribution is -2.55. The van der Waals surface area contributed by atoms with Gasteiger partial charge in [-0.3, -0.25) is 9.59 Å².